The van der Waals surface area contributed by atoms with Crippen molar-refractivity contribution in [1.29, 1.82) is 0 Å². The molecule has 2 aromatic heterocycles. The summed E-state index contributed by atoms with van der Waals surface area (Å²) in [6.07, 6.45) is 3.04. The number of rotatable bonds is 4. The maximum atomic E-state index is 11.0. The number of nitrogens with zero attached hydrogens (tertiary/aromatic N) is 1. The zero-order valence-corrected chi connectivity index (χ0v) is 11.6. The Morgan fingerprint density at radius 1 is 1.33 bits per heavy atom. The first kappa shape index (κ1) is 13.5. The number of aromatic nitrogens is 1. The third-order valence-corrected chi connectivity index (χ3v) is 3.46. The van der Waals surface area contributed by atoms with Crippen molar-refractivity contribution in [2.24, 2.45) is 0 Å². The van der Waals surface area contributed by atoms with Crippen LogP contribution < -0.4 is 5.32 Å². The maximum Gasteiger partial charge on any atom is 0.339 e. The summed E-state index contributed by atoms with van der Waals surface area (Å²) in [5, 5.41) is 13.6. The van der Waals surface area contributed by atoms with Crippen LogP contribution in [0.1, 0.15) is 16.1 Å². The van der Waals surface area contributed by atoms with E-state index in [1.165, 1.54) is 12.3 Å². The zero-order chi connectivity index (χ0) is 14.8. The summed E-state index contributed by atoms with van der Waals surface area (Å²) in [4.78, 5) is 15.3. The molecule has 0 unspecified atom stereocenters. The van der Waals surface area contributed by atoms with Crippen molar-refractivity contribution < 1.29 is 14.3 Å². The predicted molar refractivity (Wildman–Crippen MR) is 79.7 cm³/mol. The number of halogens is 1. The summed E-state index contributed by atoms with van der Waals surface area (Å²) in [7, 11) is 0. The molecule has 0 aliphatic rings. The van der Waals surface area contributed by atoms with E-state index in [1.807, 2.05) is 12.1 Å². The number of nitrogens with one attached hydrogen (secondary N) is 1. The summed E-state index contributed by atoms with van der Waals surface area (Å²) in [5.41, 5.74) is 1.64. The molecule has 3 aromatic rings. The molecule has 106 valence electrons. The molecule has 5 nitrogen and oxygen atoms in total. The molecule has 0 amide bonds. The lowest BCUT2D eigenvalue weighted by molar-refractivity contribution is 0.0694. The number of carboxylic acids is 1. The van der Waals surface area contributed by atoms with Crippen LogP contribution in [0.3, 0.4) is 0 Å². The fraction of sp³-hybridized carbons (Fsp3) is 0.0667. The van der Waals surface area contributed by atoms with E-state index in [1.54, 1.807) is 18.3 Å². The summed E-state index contributed by atoms with van der Waals surface area (Å²) in [5.74, 6) is -0.652. The molecule has 0 aliphatic carbocycles. The van der Waals surface area contributed by atoms with E-state index in [4.69, 9.17) is 21.1 Å². The van der Waals surface area contributed by atoms with Crippen LogP contribution in [0, 0.1) is 0 Å². The quantitative estimate of drug-likeness (QED) is 0.767. The van der Waals surface area contributed by atoms with Crippen LogP contribution in [0.2, 0.25) is 5.02 Å². The third-order valence-electron chi connectivity index (χ3n) is 3.13. The van der Waals surface area contributed by atoms with Gasteiger partial charge in [-0.15, -0.1) is 0 Å². The smallest absolute Gasteiger partial charge is 0.339 e. The van der Waals surface area contributed by atoms with E-state index in [2.05, 4.69) is 10.3 Å². The van der Waals surface area contributed by atoms with Crippen LogP contribution in [-0.4, -0.2) is 16.1 Å². The molecule has 2 heterocycles. The van der Waals surface area contributed by atoms with Crippen LogP contribution >= 0.6 is 11.6 Å². The van der Waals surface area contributed by atoms with E-state index in [0.29, 0.717) is 10.8 Å². The molecular formula is C15H11ClN2O3. The van der Waals surface area contributed by atoms with E-state index in [0.717, 1.165) is 16.6 Å². The molecule has 0 aliphatic heterocycles. The van der Waals surface area contributed by atoms with Crippen molar-refractivity contribution in [3.8, 4) is 0 Å². The average Bonchev–Trinajstić information content (AvgIpc) is 2.96. The van der Waals surface area contributed by atoms with Crippen LogP contribution in [0.4, 0.5) is 5.69 Å². The maximum absolute atomic E-state index is 11.0. The fourth-order valence-corrected chi connectivity index (χ4v) is 2.34. The van der Waals surface area contributed by atoms with Gasteiger partial charge in [0.15, 0.2) is 0 Å². The third kappa shape index (κ3) is 2.55. The number of carbonyl (C=O) groups is 1. The molecule has 6 heteroatoms. The van der Waals surface area contributed by atoms with Crippen LogP contribution in [0.25, 0.3) is 10.9 Å². The Bertz CT molecular complexity index is 814. The van der Waals surface area contributed by atoms with Crippen molar-refractivity contribution >= 4 is 34.2 Å². The largest absolute Gasteiger partial charge is 0.478 e. The minimum atomic E-state index is -1.01. The minimum absolute atomic E-state index is 0.147. The van der Waals surface area contributed by atoms with Crippen molar-refractivity contribution in [3.63, 3.8) is 0 Å². The molecule has 3 rings (SSSR count). The first-order valence-corrected chi connectivity index (χ1v) is 6.61. The van der Waals surface area contributed by atoms with Crippen LogP contribution in [0.5, 0.6) is 0 Å². The van der Waals surface area contributed by atoms with Gasteiger partial charge in [-0.3, -0.25) is 4.98 Å². The van der Waals surface area contributed by atoms with Gasteiger partial charge in [-0.05, 0) is 30.3 Å². The molecule has 0 radical (unpaired) electrons. The van der Waals surface area contributed by atoms with Crippen LogP contribution in [0.15, 0.2) is 47.2 Å². The molecule has 0 saturated carbocycles. The Kier molecular flexibility index (Phi) is 3.50. The van der Waals surface area contributed by atoms with Gasteiger partial charge < -0.3 is 14.8 Å². The second kappa shape index (κ2) is 5.46. The topological polar surface area (TPSA) is 75.4 Å². The number of hydrogen-bond acceptors (Lipinski definition) is 4. The number of furan rings is 1. The van der Waals surface area contributed by atoms with Crippen LogP contribution in [-0.2, 0) is 6.54 Å². The monoisotopic (exact) mass is 302 g/mol. The first-order valence-electron chi connectivity index (χ1n) is 6.23. The van der Waals surface area contributed by atoms with Gasteiger partial charge in [0.25, 0.3) is 0 Å². The van der Waals surface area contributed by atoms with Gasteiger partial charge in [0, 0.05) is 11.6 Å². The average molecular weight is 303 g/mol. The number of benzene rings is 1. The fourth-order valence-electron chi connectivity index (χ4n) is 2.12. The number of aromatic carboxylic acids is 1. The second-order valence-corrected chi connectivity index (χ2v) is 4.82. The molecule has 0 spiro atoms. The van der Waals surface area contributed by atoms with E-state index < -0.39 is 5.97 Å². The highest BCUT2D eigenvalue weighted by Gasteiger charge is 2.13. The lowest BCUT2D eigenvalue weighted by Crippen LogP contribution is -2.05. The molecule has 1 aromatic carbocycles. The van der Waals surface area contributed by atoms with Gasteiger partial charge >= 0.3 is 5.97 Å². The molecule has 0 saturated heterocycles. The SMILES string of the molecule is O=C(O)c1ccoc1CNc1ccc(Cl)c2cccnc12. The van der Waals surface area contributed by atoms with Gasteiger partial charge in [-0.2, -0.15) is 0 Å². The van der Waals surface area contributed by atoms with Crippen molar-refractivity contribution in [2.75, 3.05) is 5.32 Å². The number of anilines is 1. The molecule has 21 heavy (non-hydrogen) atoms. The summed E-state index contributed by atoms with van der Waals surface area (Å²) in [6, 6.07) is 8.70. The predicted octanol–water partition coefficient (Wildman–Crippen LogP) is 3.79. The molecule has 0 bridgehead atoms. The summed E-state index contributed by atoms with van der Waals surface area (Å²) >= 11 is 6.13. The normalized spacial score (nSPS) is 10.7. The van der Waals surface area contributed by atoms with E-state index >= 15 is 0 Å². The standard InChI is InChI=1S/C15H11ClN2O3/c16-11-3-4-12(14-9(11)2-1-6-17-14)18-8-13-10(15(19)20)5-7-21-13/h1-7,18H,8H2,(H,19,20). The van der Waals surface area contributed by atoms with Gasteiger partial charge in [0.1, 0.15) is 11.3 Å². The Morgan fingerprint density at radius 2 is 2.19 bits per heavy atom. The van der Waals surface area contributed by atoms with Gasteiger partial charge in [0.05, 0.1) is 29.0 Å². The second-order valence-electron chi connectivity index (χ2n) is 4.41. The Morgan fingerprint density at radius 3 is 3.00 bits per heavy atom. The zero-order valence-electron chi connectivity index (χ0n) is 10.8. The minimum Gasteiger partial charge on any atom is -0.478 e. The first-order chi connectivity index (χ1) is 10.2. The van der Waals surface area contributed by atoms with E-state index in [-0.39, 0.29) is 12.1 Å². The van der Waals surface area contributed by atoms with Gasteiger partial charge in [-0.25, -0.2) is 4.79 Å². The molecular weight excluding hydrogens is 292 g/mol. The number of pyridine rings is 1. The highest BCUT2D eigenvalue weighted by Crippen LogP contribution is 2.28. The molecule has 0 atom stereocenters. The van der Waals surface area contributed by atoms with Crippen molar-refractivity contribution in [1.82, 2.24) is 4.98 Å². The lowest BCUT2D eigenvalue weighted by Gasteiger charge is -2.09. The van der Waals surface area contributed by atoms with Crippen molar-refractivity contribution in [3.05, 3.63) is 59.1 Å². The number of fused-ring (bicyclic) bond motifs is 1. The van der Waals surface area contributed by atoms with Crippen molar-refractivity contribution in [2.45, 2.75) is 6.54 Å². The van der Waals surface area contributed by atoms with Gasteiger partial charge in [-0.1, -0.05) is 11.6 Å². The number of carboxylic acid groups (broad SMARTS) is 1. The molecule has 2 N–H and O–H groups in total. The Labute approximate surface area is 125 Å². The summed E-state index contributed by atoms with van der Waals surface area (Å²) in [6.45, 7) is 0.252. The van der Waals surface area contributed by atoms with Gasteiger partial charge in [0.2, 0.25) is 0 Å². The highest BCUT2D eigenvalue weighted by atomic mass is 35.5. The number of hydrogen-bond donors (Lipinski definition) is 2. The Balaban J connectivity index is 1.91. The summed E-state index contributed by atoms with van der Waals surface area (Å²) < 4.78 is 5.19. The lowest BCUT2D eigenvalue weighted by atomic mass is 10.2. The molecule has 0 fully saturated rings. The van der Waals surface area contributed by atoms with E-state index in [9.17, 15) is 4.79 Å². The highest BCUT2D eigenvalue weighted by molar-refractivity contribution is 6.35. The Hall–Kier alpha value is -2.53.